The number of hydrazine groups is 1. The summed E-state index contributed by atoms with van der Waals surface area (Å²) in [6.45, 7) is 0. The van der Waals surface area contributed by atoms with Crippen molar-refractivity contribution in [3.8, 4) is 5.75 Å². The molecule has 1 unspecified atom stereocenters. The smallest absolute Gasteiger partial charge is 0.142 e. The molecule has 3 N–H and O–H groups in total. The Hall–Kier alpha value is -1.14. The average Bonchev–Trinajstić information content (AvgIpc) is 2.49. The number of ether oxygens (including phenoxy) is 1. The molecule has 0 spiro atoms. The number of nitrogens with one attached hydrogen (secondary N) is 1. The van der Waals surface area contributed by atoms with Gasteiger partial charge in [0.15, 0.2) is 0 Å². The normalized spacial score (nSPS) is 12.2. The lowest BCUT2D eigenvalue weighted by molar-refractivity contribution is 0.412. The van der Waals surface area contributed by atoms with Gasteiger partial charge >= 0.3 is 0 Å². The van der Waals surface area contributed by atoms with E-state index in [1.807, 2.05) is 18.2 Å². The van der Waals surface area contributed by atoms with Crippen molar-refractivity contribution in [3.63, 3.8) is 0 Å². The van der Waals surface area contributed by atoms with Crippen molar-refractivity contribution in [2.75, 3.05) is 7.11 Å². The van der Waals surface area contributed by atoms with Crippen molar-refractivity contribution in [2.45, 2.75) is 12.5 Å². The van der Waals surface area contributed by atoms with Crippen LogP contribution in [0.4, 0.5) is 4.39 Å². The van der Waals surface area contributed by atoms with Gasteiger partial charge in [0, 0.05) is 4.47 Å². The summed E-state index contributed by atoms with van der Waals surface area (Å²) >= 11 is 9.19. The molecule has 0 fully saturated rings. The van der Waals surface area contributed by atoms with Crippen LogP contribution < -0.4 is 16.0 Å². The summed E-state index contributed by atoms with van der Waals surface area (Å²) in [6, 6.07) is 10.2. The summed E-state index contributed by atoms with van der Waals surface area (Å²) in [5.41, 5.74) is 4.49. The van der Waals surface area contributed by atoms with Crippen molar-refractivity contribution >= 4 is 27.5 Å². The molecular weight excluding hydrogens is 359 g/mol. The van der Waals surface area contributed by atoms with Gasteiger partial charge < -0.3 is 4.74 Å². The summed E-state index contributed by atoms with van der Waals surface area (Å²) in [5, 5.41) is 0.110. The molecule has 2 aromatic carbocycles. The Morgan fingerprint density at radius 3 is 2.71 bits per heavy atom. The molecule has 0 saturated heterocycles. The van der Waals surface area contributed by atoms with E-state index >= 15 is 0 Å². The molecule has 0 radical (unpaired) electrons. The monoisotopic (exact) mass is 372 g/mol. The van der Waals surface area contributed by atoms with E-state index in [4.69, 9.17) is 22.2 Å². The summed E-state index contributed by atoms with van der Waals surface area (Å²) in [4.78, 5) is 0. The summed E-state index contributed by atoms with van der Waals surface area (Å²) in [7, 11) is 1.60. The lowest BCUT2D eigenvalue weighted by atomic mass is 9.99. The molecule has 0 aromatic heterocycles. The van der Waals surface area contributed by atoms with E-state index in [1.54, 1.807) is 19.2 Å². The van der Waals surface area contributed by atoms with E-state index in [0.717, 1.165) is 21.3 Å². The van der Waals surface area contributed by atoms with Crippen LogP contribution in [0.15, 0.2) is 40.9 Å². The molecular formula is C15H15BrClFN2O. The van der Waals surface area contributed by atoms with Gasteiger partial charge in [-0.2, -0.15) is 0 Å². The fraction of sp³-hybridized carbons (Fsp3) is 0.200. The van der Waals surface area contributed by atoms with Crippen molar-refractivity contribution in [3.05, 3.63) is 62.8 Å². The highest BCUT2D eigenvalue weighted by molar-refractivity contribution is 9.10. The van der Waals surface area contributed by atoms with Crippen LogP contribution in [-0.2, 0) is 6.42 Å². The fourth-order valence-corrected chi connectivity index (χ4v) is 2.72. The second kappa shape index (κ2) is 7.22. The Morgan fingerprint density at radius 2 is 2.10 bits per heavy atom. The van der Waals surface area contributed by atoms with Gasteiger partial charge in [0.2, 0.25) is 0 Å². The maximum atomic E-state index is 13.5. The Morgan fingerprint density at radius 1 is 1.33 bits per heavy atom. The van der Waals surface area contributed by atoms with Gasteiger partial charge in [-0.05, 0) is 47.9 Å². The second-order valence-corrected chi connectivity index (χ2v) is 5.82. The third kappa shape index (κ3) is 3.95. The molecule has 112 valence electrons. The molecule has 0 aliphatic carbocycles. The van der Waals surface area contributed by atoms with Gasteiger partial charge in [-0.1, -0.05) is 33.6 Å². The highest BCUT2D eigenvalue weighted by atomic mass is 79.9. The summed E-state index contributed by atoms with van der Waals surface area (Å²) in [6.07, 6.45) is 0.524. The number of nitrogens with two attached hydrogens (primary N) is 1. The van der Waals surface area contributed by atoms with Crippen LogP contribution >= 0.6 is 27.5 Å². The van der Waals surface area contributed by atoms with Gasteiger partial charge in [0.1, 0.15) is 11.6 Å². The van der Waals surface area contributed by atoms with Gasteiger partial charge in [-0.15, -0.1) is 0 Å². The molecule has 0 aliphatic rings. The van der Waals surface area contributed by atoms with E-state index in [1.165, 1.54) is 6.07 Å². The predicted octanol–water partition coefficient (Wildman–Crippen LogP) is 4.00. The van der Waals surface area contributed by atoms with Gasteiger partial charge in [-0.25, -0.2) is 4.39 Å². The third-order valence-corrected chi connectivity index (χ3v) is 4.23. The first-order valence-electron chi connectivity index (χ1n) is 6.28. The minimum absolute atomic E-state index is 0.110. The Bertz CT molecular complexity index is 639. The van der Waals surface area contributed by atoms with E-state index in [-0.39, 0.29) is 11.1 Å². The van der Waals surface area contributed by atoms with E-state index in [9.17, 15) is 4.39 Å². The quantitative estimate of drug-likeness (QED) is 0.615. The zero-order valence-corrected chi connectivity index (χ0v) is 13.7. The molecule has 0 amide bonds. The Kier molecular flexibility index (Phi) is 5.58. The minimum atomic E-state index is -0.436. The molecule has 0 saturated carbocycles. The molecule has 0 heterocycles. The molecule has 2 rings (SSSR count). The number of rotatable bonds is 5. The van der Waals surface area contributed by atoms with Gasteiger partial charge in [0.05, 0.1) is 18.2 Å². The topological polar surface area (TPSA) is 47.3 Å². The first-order valence-corrected chi connectivity index (χ1v) is 7.45. The molecule has 2 aromatic rings. The number of methoxy groups -OCH3 is 1. The largest absolute Gasteiger partial charge is 0.497 e. The van der Waals surface area contributed by atoms with Crippen LogP contribution in [0.25, 0.3) is 0 Å². The van der Waals surface area contributed by atoms with Crippen molar-refractivity contribution in [1.82, 2.24) is 5.43 Å². The highest BCUT2D eigenvalue weighted by Gasteiger charge is 2.15. The van der Waals surface area contributed by atoms with Crippen molar-refractivity contribution < 1.29 is 9.13 Å². The standard InChI is InChI=1S/C15H15BrClFN2O/c1-21-10-3-4-12(16)11(8-10)15(20-19)7-9-2-5-13(17)14(18)6-9/h2-6,8,15,20H,7,19H2,1H3. The number of hydrogen-bond donors (Lipinski definition) is 2. The first-order chi connectivity index (χ1) is 10.0. The van der Waals surface area contributed by atoms with Crippen LogP contribution in [0.1, 0.15) is 17.2 Å². The van der Waals surface area contributed by atoms with Gasteiger partial charge in [0.25, 0.3) is 0 Å². The second-order valence-electron chi connectivity index (χ2n) is 4.56. The predicted molar refractivity (Wildman–Crippen MR) is 85.9 cm³/mol. The molecule has 21 heavy (non-hydrogen) atoms. The van der Waals surface area contributed by atoms with E-state index in [2.05, 4.69) is 21.4 Å². The first kappa shape index (κ1) is 16.2. The Balaban J connectivity index is 2.29. The number of benzene rings is 2. The highest BCUT2D eigenvalue weighted by Crippen LogP contribution is 2.30. The average molecular weight is 374 g/mol. The van der Waals surface area contributed by atoms with Crippen LogP contribution in [0.2, 0.25) is 5.02 Å². The van der Waals surface area contributed by atoms with Crippen LogP contribution in [0.3, 0.4) is 0 Å². The summed E-state index contributed by atoms with van der Waals surface area (Å²) < 4.78 is 19.6. The minimum Gasteiger partial charge on any atom is -0.497 e. The van der Waals surface area contributed by atoms with E-state index < -0.39 is 5.82 Å². The molecule has 0 aliphatic heterocycles. The van der Waals surface area contributed by atoms with Crippen LogP contribution in [0.5, 0.6) is 5.75 Å². The maximum absolute atomic E-state index is 13.5. The third-order valence-electron chi connectivity index (χ3n) is 3.20. The van der Waals surface area contributed by atoms with Crippen molar-refractivity contribution in [1.29, 1.82) is 0 Å². The Labute approximate surface area is 136 Å². The number of halogens is 3. The van der Waals surface area contributed by atoms with Crippen molar-refractivity contribution in [2.24, 2.45) is 5.84 Å². The summed E-state index contributed by atoms with van der Waals surface area (Å²) in [5.74, 6) is 5.95. The maximum Gasteiger partial charge on any atom is 0.142 e. The molecule has 0 bridgehead atoms. The zero-order valence-electron chi connectivity index (χ0n) is 11.4. The van der Waals surface area contributed by atoms with Gasteiger partial charge in [-0.3, -0.25) is 11.3 Å². The zero-order chi connectivity index (χ0) is 15.4. The fourth-order valence-electron chi connectivity index (χ4n) is 2.08. The molecule has 1 atom stereocenters. The van der Waals surface area contributed by atoms with Crippen LogP contribution in [0, 0.1) is 5.82 Å². The molecule has 6 heteroatoms. The number of hydrogen-bond acceptors (Lipinski definition) is 3. The van der Waals surface area contributed by atoms with E-state index in [0.29, 0.717) is 6.42 Å². The molecule has 3 nitrogen and oxygen atoms in total. The van der Waals surface area contributed by atoms with Crippen LogP contribution in [-0.4, -0.2) is 7.11 Å². The lowest BCUT2D eigenvalue weighted by Crippen LogP contribution is -2.29. The SMILES string of the molecule is COc1ccc(Br)c(C(Cc2ccc(Cl)c(F)c2)NN)c1. The lowest BCUT2D eigenvalue weighted by Gasteiger charge is -2.19.